The van der Waals surface area contributed by atoms with Crippen LogP contribution in [0.2, 0.25) is 0 Å². The fraction of sp³-hybridized carbons (Fsp3) is 0.625. The maximum absolute atomic E-state index is 3.93. The van der Waals surface area contributed by atoms with Crippen LogP contribution < -0.4 is 5.32 Å². The second-order valence-electron chi connectivity index (χ2n) is 5.91. The molecule has 2 aliphatic heterocycles. The maximum Gasteiger partial charge on any atom is 0.0649 e. The molecule has 2 atom stereocenters. The lowest BCUT2D eigenvalue weighted by Gasteiger charge is -2.36. The van der Waals surface area contributed by atoms with Crippen LogP contribution >= 0.6 is 23.1 Å². The molecule has 2 nitrogen and oxygen atoms in total. The van der Waals surface area contributed by atoms with Crippen LogP contribution in [-0.4, -0.2) is 35.8 Å². The van der Waals surface area contributed by atoms with Crippen LogP contribution in [-0.2, 0) is 0 Å². The lowest BCUT2D eigenvalue weighted by atomic mass is 9.99. The summed E-state index contributed by atoms with van der Waals surface area (Å²) in [4.78, 5) is 2.50. The first-order valence-electron chi connectivity index (χ1n) is 7.59. The summed E-state index contributed by atoms with van der Waals surface area (Å²) in [5, 5.41) is 6.92. The van der Waals surface area contributed by atoms with Crippen LogP contribution in [0.1, 0.15) is 37.8 Å². The van der Waals surface area contributed by atoms with Crippen molar-refractivity contribution < 1.29 is 0 Å². The number of hydrogen-bond donors (Lipinski definition) is 1. The van der Waals surface area contributed by atoms with Crippen LogP contribution in [0.3, 0.4) is 0 Å². The van der Waals surface area contributed by atoms with Crippen molar-refractivity contribution in [3.8, 4) is 0 Å². The zero-order valence-corrected chi connectivity index (χ0v) is 13.8. The molecule has 1 N–H and O–H groups in total. The minimum absolute atomic E-state index is 0.573. The number of likely N-dealkylation sites (tertiary alicyclic amines) is 1. The zero-order chi connectivity index (χ0) is 13.9. The average molecular weight is 309 g/mol. The van der Waals surface area contributed by atoms with Crippen molar-refractivity contribution in [3.63, 3.8) is 0 Å². The average Bonchev–Trinajstić information content (AvgIpc) is 2.89. The summed E-state index contributed by atoms with van der Waals surface area (Å²) >= 11 is 3.96. The number of fused-ring (bicyclic) bond motifs is 1. The molecule has 1 fully saturated rings. The standard InChI is InChI=1S/C16H24N2S2/c1-3-7-18-8-4-13(5-9-18)17-15-11-12(2)20-16-14(15)6-10-19-16/h3,6,10,12-13,15,17H,1,4-5,7-9,11H2,2H3/t12-,15+/m0/s1. The number of hydrogen-bond acceptors (Lipinski definition) is 4. The number of rotatable bonds is 4. The Morgan fingerprint density at radius 2 is 2.25 bits per heavy atom. The molecule has 0 radical (unpaired) electrons. The molecule has 0 saturated carbocycles. The molecule has 0 spiro atoms. The molecular weight excluding hydrogens is 284 g/mol. The fourth-order valence-corrected chi connectivity index (χ4v) is 5.82. The summed E-state index contributed by atoms with van der Waals surface area (Å²) in [5.74, 6) is 0. The Hall–Kier alpha value is -0.290. The van der Waals surface area contributed by atoms with Gasteiger partial charge in [-0.25, -0.2) is 0 Å². The predicted octanol–water partition coefficient (Wildman–Crippen LogP) is 3.91. The molecule has 0 amide bonds. The smallest absolute Gasteiger partial charge is 0.0649 e. The van der Waals surface area contributed by atoms with Crippen LogP contribution in [0, 0.1) is 0 Å². The highest BCUT2D eigenvalue weighted by Crippen LogP contribution is 2.44. The van der Waals surface area contributed by atoms with Crippen LogP contribution in [0.15, 0.2) is 28.3 Å². The van der Waals surface area contributed by atoms with Crippen molar-refractivity contribution >= 4 is 23.1 Å². The van der Waals surface area contributed by atoms with E-state index in [4.69, 9.17) is 0 Å². The Morgan fingerprint density at radius 1 is 1.45 bits per heavy atom. The first-order chi connectivity index (χ1) is 9.76. The van der Waals surface area contributed by atoms with Crippen LogP contribution in [0.25, 0.3) is 0 Å². The summed E-state index contributed by atoms with van der Waals surface area (Å²) in [5.41, 5.74) is 1.55. The normalized spacial score (nSPS) is 28.2. The third-order valence-electron chi connectivity index (χ3n) is 4.32. The zero-order valence-electron chi connectivity index (χ0n) is 12.2. The van der Waals surface area contributed by atoms with Gasteiger partial charge in [0.15, 0.2) is 0 Å². The molecule has 0 bridgehead atoms. The highest BCUT2D eigenvalue weighted by molar-refractivity contribution is 8.01. The number of thiophene rings is 1. The molecule has 110 valence electrons. The van der Waals surface area contributed by atoms with Crippen molar-refractivity contribution in [2.45, 2.75) is 47.7 Å². The summed E-state index contributed by atoms with van der Waals surface area (Å²) < 4.78 is 1.53. The SMILES string of the molecule is C=CCN1CCC(N[C@@H]2C[C@H](C)Sc3sccc32)CC1. The van der Waals surface area contributed by atoms with E-state index in [1.807, 2.05) is 17.4 Å². The molecule has 3 heterocycles. The number of thioether (sulfide) groups is 1. The molecule has 20 heavy (non-hydrogen) atoms. The van der Waals surface area contributed by atoms with Gasteiger partial charge in [0.05, 0.1) is 4.21 Å². The third kappa shape index (κ3) is 3.30. The molecule has 1 saturated heterocycles. The first-order valence-corrected chi connectivity index (χ1v) is 9.35. The van der Waals surface area contributed by atoms with Gasteiger partial charge in [0.2, 0.25) is 0 Å². The molecule has 0 aliphatic carbocycles. The summed E-state index contributed by atoms with van der Waals surface area (Å²) in [6, 6.07) is 3.58. The van der Waals surface area contributed by atoms with E-state index in [2.05, 4.69) is 46.9 Å². The van der Waals surface area contributed by atoms with Gasteiger partial charge in [-0.2, -0.15) is 0 Å². The molecule has 2 aliphatic rings. The predicted molar refractivity (Wildman–Crippen MR) is 89.8 cm³/mol. The fourth-order valence-electron chi connectivity index (χ4n) is 3.26. The number of piperidine rings is 1. The van der Waals surface area contributed by atoms with Gasteiger partial charge in [-0.3, -0.25) is 4.90 Å². The molecule has 1 aromatic heterocycles. The number of nitrogens with one attached hydrogen (secondary N) is 1. The van der Waals surface area contributed by atoms with Crippen molar-refractivity contribution in [3.05, 3.63) is 29.7 Å². The van der Waals surface area contributed by atoms with E-state index in [-0.39, 0.29) is 0 Å². The minimum Gasteiger partial charge on any atom is -0.307 e. The molecule has 0 aromatic carbocycles. The van der Waals surface area contributed by atoms with Gasteiger partial charge < -0.3 is 5.32 Å². The van der Waals surface area contributed by atoms with Gasteiger partial charge in [-0.05, 0) is 49.4 Å². The Bertz CT molecular complexity index is 449. The van der Waals surface area contributed by atoms with Crippen molar-refractivity contribution in [2.75, 3.05) is 19.6 Å². The second kappa shape index (κ2) is 6.65. The minimum atomic E-state index is 0.573. The summed E-state index contributed by atoms with van der Waals surface area (Å²) in [6.07, 6.45) is 5.82. The topological polar surface area (TPSA) is 15.3 Å². The van der Waals surface area contributed by atoms with Crippen molar-refractivity contribution in [2.24, 2.45) is 0 Å². The van der Waals surface area contributed by atoms with Gasteiger partial charge in [-0.1, -0.05) is 13.0 Å². The van der Waals surface area contributed by atoms with E-state index in [1.165, 1.54) is 36.6 Å². The monoisotopic (exact) mass is 308 g/mol. The molecule has 1 aromatic rings. The first kappa shape index (κ1) is 14.6. The van der Waals surface area contributed by atoms with E-state index in [0.29, 0.717) is 12.1 Å². The quantitative estimate of drug-likeness (QED) is 0.849. The van der Waals surface area contributed by atoms with Crippen LogP contribution in [0.5, 0.6) is 0 Å². The summed E-state index contributed by atoms with van der Waals surface area (Å²) in [6.45, 7) is 9.64. The van der Waals surface area contributed by atoms with Gasteiger partial charge >= 0.3 is 0 Å². The molecular formula is C16H24N2S2. The molecule has 0 unspecified atom stereocenters. The van der Waals surface area contributed by atoms with Crippen molar-refractivity contribution in [1.29, 1.82) is 0 Å². The van der Waals surface area contributed by atoms with Gasteiger partial charge in [0.25, 0.3) is 0 Å². The Balaban J connectivity index is 1.58. The highest BCUT2D eigenvalue weighted by Gasteiger charge is 2.29. The lowest BCUT2D eigenvalue weighted by molar-refractivity contribution is 0.204. The van der Waals surface area contributed by atoms with Gasteiger partial charge in [0.1, 0.15) is 0 Å². The molecule has 4 heteroatoms. The van der Waals surface area contributed by atoms with Crippen molar-refractivity contribution in [1.82, 2.24) is 10.2 Å². The van der Waals surface area contributed by atoms with Crippen LogP contribution in [0.4, 0.5) is 0 Å². The third-order valence-corrected chi connectivity index (χ3v) is 6.67. The Kier molecular flexibility index (Phi) is 4.87. The largest absolute Gasteiger partial charge is 0.307 e. The van der Waals surface area contributed by atoms with E-state index in [1.54, 1.807) is 5.56 Å². The van der Waals surface area contributed by atoms with E-state index in [0.717, 1.165) is 11.8 Å². The highest BCUT2D eigenvalue weighted by atomic mass is 32.2. The maximum atomic E-state index is 3.93. The number of nitrogens with zero attached hydrogens (tertiary/aromatic N) is 1. The second-order valence-corrected chi connectivity index (χ2v) is 8.53. The summed E-state index contributed by atoms with van der Waals surface area (Å²) in [7, 11) is 0. The Labute approximate surface area is 130 Å². The van der Waals surface area contributed by atoms with Gasteiger partial charge in [-0.15, -0.1) is 29.7 Å². The molecule has 3 rings (SSSR count). The lowest BCUT2D eigenvalue weighted by Crippen LogP contribution is -2.44. The van der Waals surface area contributed by atoms with E-state index in [9.17, 15) is 0 Å². The van der Waals surface area contributed by atoms with Gasteiger partial charge in [0, 0.05) is 23.9 Å². The van der Waals surface area contributed by atoms with E-state index >= 15 is 0 Å². The Morgan fingerprint density at radius 3 is 3.00 bits per heavy atom. The van der Waals surface area contributed by atoms with E-state index < -0.39 is 0 Å².